The van der Waals surface area contributed by atoms with Crippen LogP contribution in [0.3, 0.4) is 0 Å². The van der Waals surface area contributed by atoms with Crippen LogP contribution in [0.2, 0.25) is 0 Å². The maximum atomic E-state index is 3.17. The van der Waals surface area contributed by atoms with E-state index in [1.54, 1.807) is 0 Å². The van der Waals surface area contributed by atoms with Gasteiger partial charge in [0.25, 0.3) is 0 Å². The van der Waals surface area contributed by atoms with Crippen LogP contribution >= 0.6 is 0 Å². The highest BCUT2D eigenvalue weighted by molar-refractivity contribution is 5.72. The molecule has 2 rings (SSSR count). The van der Waals surface area contributed by atoms with Crippen LogP contribution in [0.15, 0.2) is 18.3 Å². The average Bonchev–Trinajstić information content (AvgIpc) is 2.60. The van der Waals surface area contributed by atoms with E-state index in [4.69, 9.17) is 0 Å². The molecule has 0 bridgehead atoms. The molecule has 1 saturated heterocycles. The smallest absolute Gasteiger partial charge is 0.187 e. The van der Waals surface area contributed by atoms with Crippen molar-refractivity contribution < 1.29 is 4.58 Å². The van der Waals surface area contributed by atoms with Gasteiger partial charge in [-0.2, -0.15) is 0 Å². The minimum absolute atomic E-state index is 1.21. The summed E-state index contributed by atoms with van der Waals surface area (Å²) in [5.74, 6) is 0. The third kappa shape index (κ3) is 1.50. The predicted molar refractivity (Wildman–Crippen MR) is 45.2 cm³/mol. The van der Waals surface area contributed by atoms with Crippen LogP contribution in [-0.4, -0.2) is 28.9 Å². The van der Waals surface area contributed by atoms with E-state index in [1.165, 1.54) is 31.6 Å². The van der Waals surface area contributed by atoms with E-state index in [-0.39, 0.29) is 0 Å². The molecule has 11 heavy (non-hydrogen) atoms. The molecule has 1 aliphatic rings. The van der Waals surface area contributed by atoms with Gasteiger partial charge in [-0.15, -0.1) is 0 Å². The highest BCUT2D eigenvalue weighted by Gasteiger charge is 2.11. The van der Waals surface area contributed by atoms with Crippen LogP contribution < -0.4 is 0 Å². The predicted octanol–water partition coefficient (Wildman–Crippen LogP) is 1.24. The minimum atomic E-state index is 1.21. The van der Waals surface area contributed by atoms with Crippen molar-refractivity contribution in [2.24, 2.45) is 0 Å². The summed E-state index contributed by atoms with van der Waals surface area (Å²) in [4.78, 5) is 3.17. The summed E-state index contributed by atoms with van der Waals surface area (Å²) in [7, 11) is 0. The second-order valence-electron chi connectivity index (χ2n) is 3.00. The SMILES string of the molecule is C(c1ccc[nH]1)=[N+]1CCCC1. The number of nitrogens with zero attached hydrogens (tertiary/aromatic N) is 1. The third-order valence-electron chi connectivity index (χ3n) is 2.08. The van der Waals surface area contributed by atoms with Crippen LogP contribution in [0.1, 0.15) is 18.5 Å². The topological polar surface area (TPSA) is 18.8 Å². The average molecular weight is 149 g/mol. The van der Waals surface area contributed by atoms with Crippen molar-refractivity contribution in [3.63, 3.8) is 0 Å². The molecule has 0 spiro atoms. The molecule has 2 heterocycles. The Balaban J connectivity index is 2.13. The Morgan fingerprint density at radius 1 is 1.36 bits per heavy atom. The molecule has 0 aliphatic carbocycles. The van der Waals surface area contributed by atoms with Crippen molar-refractivity contribution in [1.29, 1.82) is 0 Å². The maximum absolute atomic E-state index is 3.17. The van der Waals surface area contributed by atoms with Crippen molar-refractivity contribution >= 4 is 6.21 Å². The molecule has 1 aromatic rings. The third-order valence-corrected chi connectivity index (χ3v) is 2.08. The maximum Gasteiger partial charge on any atom is 0.187 e. The largest absolute Gasteiger partial charge is 0.357 e. The first-order valence-corrected chi connectivity index (χ1v) is 4.17. The summed E-state index contributed by atoms with van der Waals surface area (Å²) in [6, 6.07) is 4.13. The fourth-order valence-electron chi connectivity index (χ4n) is 1.49. The highest BCUT2D eigenvalue weighted by atomic mass is 15.0. The van der Waals surface area contributed by atoms with E-state index in [2.05, 4.69) is 21.8 Å². The number of H-pyrrole nitrogens is 1. The highest BCUT2D eigenvalue weighted by Crippen LogP contribution is 2.01. The summed E-state index contributed by atoms with van der Waals surface area (Å²) in [6.07, 6.45) is 6.85. The fourth-order valence-corrected chi connectivity index (χ4v) is 1.49. The summed E-state index contributed by atoms with van der Waals surface area (Å²) in [6.45, 7) is 2.44. The summed E-state index contributed by atoms with van der Waals surface area (Å²) in [5, 5.41) is 0. The van der Waals surface area contributed by atoms with Crippen LogP contribution in [0.4, 0.5) is 0 Å². The molecular formula is C9H13N2+. The Bertz CT molecular complexity index is 239. The van der Waals surface area contributed by atoms with Crippen molar-refractivity contribution in [1.82, 2.24) is 4.98 Å². The first-order valence-electron chi connectivity index (χ1n) is 4.17. The van der Waals surface area contributed by atoms with E-state index in [1.807, 2.05) is 12.3 Å². The molecular weight excluding hydrogens is 136 g/mol. The Kier molecular flexibility index (Phi) is 1.76. The van der Waals surface area contributed by atoms with Crippen LogP contribution in [0.5, 0.6) is 0 Å². The molecule has 1 aliphatic heterocycles. The van der Waals surface area contributed by atoms with E-state index >= 15 is 0 Å². The molecule has 0 atom stereocenters. The van der Waals surface area contributed by atoms with Gasteiger partial charge in [0, 0.05) is 19.0 Å². The van der Waals surface area contributed by atoms with Gasteiger partial charge in [0.05, 0.1) is 0 Å². The Morgan fingerprint density at radius 2 is 2.18 bits per heavy atom. The number of nitrogens with one attached hydrogen (secondary N) is 1. The van der Waals surface area contributed by atoms with Gasteiger partial charge in [0.15, 0.2) is 6.21 Å². The van der Waals surface area contributed by atoms with Gasteiger partial charge in [-0.3, -0.25) is 0 Å². The molecule has 0 aromatic carbocycles. The lowest BCUT2D eigenvalue weighted by atomic mass is 10.4. The summed E-state index contributed by atoms with van der Waals surface area (Å²) in [5.41, 5.74) is 1.21. The van der Waals surface area contributed by atoms with Crippen molar-refractivity contribution in [2.45, 2.75) is 12.8 Å². The monoisotopic (exact) mass is 149 g/mol. The van der Waals surface area contributed by atoms with Gasteiger partial charge in [0.2, 0.25) is 0 Å². The first kappa shape index (κ1) is 6.65. The zero-order chi connectivity index (χ0) is 7.52. The molecule has 0 unspecified atom stereocenters. The van der Waals surface area contributed by atoms with Gasteiger partial charge in [-0.25, -0.2) is 4.58 Å². The van der Waals surface area contributed by atoms with E-state index in [0.717, 1.165) is 0 Å². The zero-order valence-electron chi connectivity index (χ0n) is 6.59. The molecule has 1 aromatic heterocycles. The quantitative estimate of drug-likeness (QED) is 0.579. The molecule has 58 valence electrons. The van der Waals surface area contributed by atoms with Gasteiger partial charge in [-0.05, 0) is 12.1 Å². The Morgan fingerprint density at radius 3 is 2.82 bits per heavy atom. The number of hydrogen-bond acceptors (Lipinski definition) is 0. The van der Waals surface area contributed by atoms with Gasteiger partial charge in [-0.1, -0.05) is 0 Å². The number of aromatic nitrogens is 1. The number of rotatable bonds is 1. The molecule has 0 radical (unpaired) electrons. The molecule has 1 N–H and O–H groups in total. The van der Waals surface area contributed by atoms with Crippen molar-refractivity contribution in [2.75, 3.05) is 13.1 Å². The fraction of sp³-hybridized carbons (Fsp3) is 0.444. The van der Waals surface area contributed by atoms with E-state index in [9.17, 15) is 0 Å². The first-order chi connectivity index (χ1) is 5.45. The summed E-state index contributed by atoms with van der Waals surface area (Å²) < 4.78 is 2.37. The number of hydrogen-bond donors (Lipinski definition) is 1. The minimum Gasteiger partial charge on any atom is -0.357 e. The second-order valence-corrected chi connectivity index (χ2v) is 3.00. The lowest BCUT2D eigenvalue weighted by Gasteiger charge is -1.88. The zero-order valence-corrected chi connectivity index (χ0v) is 6.59. The molecule has 1 fully saturated rings. The standard InChI is InChI=1S/C9H12N2/c1-2-7-11(6-1)8-9-4-3-5-10-9/h3-5,8H,1-2,6-7H2/p+1. The van der Waals surface area contributed by atoms with Crippen LogP contribution in [-0.2, 0) is 0 Å². The molecule has 0 amide bonds. The lowest BCUT2D eigenvalue weighted by Crippen LogP contribution is -2.07. The molecule has 2 nitrogen and oxygen atoms in total. The van der Waals surface area contributed by atoms with Gasteiger partial charge in [0.1, 0.15) is 18.8 Å². The van der Waals surface area contributed by atoms with Crippen molar-refractivity contribution in [3.05, 3.63) is 24.0 Å². The normalized spacial score (nSPS) is 17.3. The van der Waals surface area contributed by atoms with Crippen molar-refractivity contribution in [3.8, 4) is 0 Å². The van der Waals surface area contributed by atoms with E-state index < -0.39 is 0 Å². The molecule has 2 heteroatoms. The van der Waals surface area contributed by atoms with Crippen LogP contribution in [0.25, 0.3) is 0 Å². The van der Waals surface area contributed by atoms with Crippen LogP contribution in [0, 0.1) is 0 Å². The Hall–Kier alpha value is -1.05. The van der Waals surface area contributed by atoms with Gasteiger partial charge >= 0.3 is 0 Å². The second kappa shape index (κ2) is 2.91. The lowest BCUT2D eigenvalue weighted by molar-refractivity contribution is -0.500. The number of aromatic amines is 1. The van der Waals surface area contributed by atoms with E-state index in [0.29, 0.717) is 0 Å². The molecule has 0 saturated carbocycles. The Labute approximate surface area is 66.6 Å². The summed E-state index contributed by atoms with van der Waals surface area (Å²) >= 11 is 0. The van der Waals surface area contributed by atoms with Gasteiger partial charge < -0.3 is 4.98 Å².